The summed E-state index contributed by atoms with van der Waals surface area (Å²) < 4.78 is 69.1. The van der Waals surface area contributed by atoms with Crippen LogP contribution >= 0.6 is 15.6 Å². The van der Waals surface area contributed by atoms with Gasteiger partial charge in [-0.1, -0.05) is 440 Å². The van der Waals surface area contributed by atoms with Crippen LogP contribution in [-0.2, 0) is 65.4 Å². The first-order valence-electron chi connectivity index (χ1n) is 47.5. The van der Waals surface area contributed by atoms with Crippen molar-refractivity contribution >= 4 is 39.5 Å². The predicted octanol–water partition coefficient (Wildman–Crippen LogP) is 28.4. The van der Waals surface area contributed by atoms with Gasteiger partial charge in [-0.05, 0) is 43.4 Å². The van der Waals surface area contributed by atoms with Crippen LogP contribution in [0.4, 0.5) is 0 Å². The molecule has 0 aliphatic carbocycles. The first-order chi connectivity index (χ1) is 53.8. The number of hydrogen-bond donors (Lipinski definition) is 3. The molecular weight excluding hydrogens is 1440 g/mol. The molecule has 0 bridgehead atoms. The number of phosphoric acid groups is 2. The Bertz CT molecular complexity index is 2140. The SMILES string of the molecule is CCCCCCCCCCCCCCCCCCCCCC(=O)OC[C@H](COP(=O)(O)OC[C@@H](O)COP(=O)(O)OC[C@@H](COC(=O)CCCCCCCCCCC(C)CC)OC(=O)CCCCCCCCCCCCCCCCC(C)CC)OC(=O)CCCCCCCCCCCCCCCCCCCCC(C)CC. The molecule has 660 valence electrons. The maximum Gasteiger partial charge on any atom is 0.472 e. The first kappa shape index (κ1) is 109. The fourth-order valence-corrected chi connectivity index (χ4v) is 15.9. The van der Waals surface area contributed by atoms with E-state index in [0.717, 1.165) is 108 Å². The standard InChI is InChI=1S/C92H180O17P2/c1-8-12-13-14-15-16-17-18-19-20-21-25-28-34-39-44-52-59-66-73-89(94)102-79-87(108-91(96)75-68-61-54-45-40-35-29-26-23-22-24-27-32-37-42-49-56-63-70-83(5)9-2)81-106-110(98,99)104-77-86(93)78-105-111(100,101)107-82-88(80-103-90(95)74-67-60-53-48-47-51-58-65-72-85(7)11-4)109-92(97)76-69-62-55-46-41-36-31-30-33-38-43-50-57-64-71-84(6)10-3/h83-88,93H,8-82H2,1-7H3,(H,98,99)(H,100,101)/t83?,84?,85?,86-,87-,88-/m1/s1. The highest BCUT2D eigenvalue weighted by Gasteiger charge is 2.31. The Labute approximate surface area is 683 Å². The molecule has 0 heterocycles. The van der Waals surface area contributed by atoms with Crippen LogP contribution in [0.3, 0.4) is 0 Å². The van der Waals surface area contributed by atoms with E-state index in [4.69, 9.17) is 37.0 Å². The molecule has 0 amide bonds. The summed E-state index contributed by atoms with van der Waals surface area (Å²) in [5.41, 5.74) is 0. The van der Waals surface area contributed by atoms with Crippen molar-refractivity contribution in [2.75, 3.05) is 39.6 Å². The molecule has 17 nitrogen and oxygen atoms in total. The van der Waals surface area contributed by atoms with Crippen LogP contribution in [-0.4, -0.2) is 96.7 Å². The maximum atomic E-state index is 13.2. The number of aliphatic hydroxyl groups excluding tert-OH is 1. The molecule has 0 spiro atoms. The lowest BCUT2D eigenvalue weighted by atomic mass is 9.99. The number of rotatable bonds is 90. The van der Waals surface area contributed by atoms with Gasteiger partial charge in [0.2, 0.25) is 0 Å². The van der Waals surface area contributed by atoms with E-state index in [2.05, 4.69) is 48.5 Å². The van der Waals surface area contributed by atoms with Gasteiger partial charge in [0, 0.05) is 25.7 Å². The second-order valence-electron chi connectivity index (χ2n) is 33.8. The molecule has 0 aromatic rings. The molecule has 5 unspecified atom stereocenters. The number of esters is 4. The van der Waals surface area contributed by atoms with Gasteiger partial charge in [-0.15, -0.1) is 0 Å². The molecule has 0 saturated carbocycles. The van der Waals surface area contributed by atoms with Crippen LogP contribution in [0.2, 0.25) is 0 Å². The fourth-order valence-electron chi connectivity index (χ4n) is 14.3. The number of carbonyl (C=O) groups is 4. The minimum Gasteiger partial charge on any atom is -0.462 e. The fraction of sp³-hybridized carbons (Fsp3) is 0.957. The maximum absolute atomic E-state index is 13.2. The van der Waals surface area contributed by atoms with Crippen LogP contribution in [0.15, 0.2) is 0 Å². The smallest absolute Gasteiger partial charge is 0.462 e. The lowest BCUT2D eigenvalue weighted by molar-refractivity contribution is -0.161. The zero-order valence-electron chi connectivity index (χ0n) is 73.4. The Kier molecular flexibility index (Phi) is 80.4. The molecule has 8 atom stereocenters. The third kappa shape index (κ3) is 81.6. The molecule has 3 N–H and O–H groups in total. The van der Waals surface area contributed by atoms with Crippen LogP contribution in [0.5, 0.6) is 0 Å². The van der Waals surface area contributed by atoms with Crippen LogP contribution in [0.1, 0.15) is 492 Å². The number of unbranched alkanes of at least 4 members (excludes halogenated alkanes) is 55. The van der Waals surface area contributed by atoms with Gasteiger partial charge in [0.1, 0.15) is 19.3 Å². The highest BCUT2D eigenvalue weighted by molar-refractivity contribution is 7.47. The summed E-state index contributed by atoms with van der Waals surface area (Å²) in [4.78, 5) is 73.5. The summed E-state index contributed by atoms with van der Waals surface area (Å²) in [5, 5.41) is 10.7. The van der Waals surface area contributed by atoms with Crippen molar-refractivity contribution in [1.82, 2.24) is 0 Å². The summed E-state index contributed by atoms with van der Waals surface area (Å²) in [6.07, 6.45) is 74.9. The van der Waals surface area contributed by atoms with Gasteiger partial charge in [0.25, 0.3) is 0 Å². The molecular formula is C92H180O17P2. The van der Waals surface area contributed by atoms with Gasteiger partial charge in [-0.2, -0.15) is 0 Å². The van der Waals surface area contributed by atoms with E-state index in [1.165, 1.54) is 302 Å². The van der Waals surface area contributed by atoms with E-state index in [1.807, 2.05) is 0 Å². The van der Waals surface area contributed by atoms with Gasteiger partial charge < -0.3 is 33.8 Å². The van der Waals surface area contributed by atoms with Crippen molar-refractivity contribution in [2.24, 2.45) is 17.8 Å². The van der Waals surface area contributed by atoms with E-state index in [-0.39, 0.29) is 25.7 Å². The zero-order chi connectivity index (χ0) is 81.5. The second kappa shape index (κ2) is 81.8. The molecule has 0 aliphatic rings. The number of ether oxygens (including phenoxy) is 4. The van der Waals surface area contributed by atoms with Crippen LogP contribution in [0, 0.1) is 17.8 Å². The van der Waals surface area contributed by atoms with Crippen molar-refractivity contribution in [3.63, 3.8) is 0 Å². The highest BCUT2D eigenvalue weighted by Crippen LogP contribution is 2.45. The normalized spacial score (nSPS) is 14.5. The molecule has 0 aliphatic heterocycles. The minimum atomic E-state index is -4.97. The summed E-state index contributed by atoms with van der Waals surface area (Å²) in [6.45, 7) is 12.1. The monoisotopic (exact) mass is 1620 g/mol. The van der Waals surface area contributed by atoms with E-state index in [1.54, 1.807) is 0 Å². The Morgan fingerprint density at radius 3 is 0.640 bits per heavy atom. The first-order valence-corrected chi connectivity index (χ1v) is 50.5. The molecule has 0 saturated heterocycles. The summed E-state index contributed by atoms with van der Waals surface area (Å²) >= 11 is 0. The average Bonchev–Trinajstić information content (AvgIpc) is 0.898. The minimum absolute atomic E-state index is 0.107. The third-order valence-corrected chi connectivity index (χ3v) is 24.6. The predicted molar refractivity (Wildman–Crippen MR) is 460 cm³/mol. The third-order valence-electron chi connectivity index (χ3n) is 22.7. The van der Waals surface area contributed by atoms with Gasteiger partial charge in [-0.25, -0.2) is 9.13 Å². The van der Waals surface area contributed by atoms with E-state index >= 15 is 0 Å². The topological polar surface area (TPSA) is 237 Å². The summed E-state index contributed by atoms with van der Waals surface area (Å²) in [6, 6.07) is 0. The van der Waals surface area contributed by atoms with Crippen molar-refractivity contribution < 1.29 is 80.2 Å². The molecule has 0 rings (SSSR count). The van der Waals surface area contributed by atoms with Crippen molar-refractivity contribution in [3.8, 4) is 0 Å². The molecule has 111 heavy (non-hydrogen) atoms. The molecule has 0 fully saturated rings. The van der Waals surface area contributed by atoms with E-state index in [9.17, 15) is 43.2 Å². The van der Waals surface area contributed by atoms with Crippen LogP contribution in [0.25, 0.3) is 0 Å². The van der Waals surface area contributed by atoms with Gasteiger partial charge in [0.15, 0.2) is 12.2 Å². The molecule has 0 aromatic carbocycles. The summed E-state index contributed by atoms with van der Waals surface area (Å²) in [7, 11) is -9.94. The van der Waals surface area contributed by atoms with Gasteiger partial charge >= 0.3 is 39.5 Å². The lowest BCUT2D eigenvalue weighted by Gasteiger charge is -2.21. The molecule has 0 radical (unpaired) electrons. The Morgan fingerprint density at radius 1 is 0.252 bits per heavy atom. The van der Waals surface area contributed by atoms with Crippen molar-refractivity contribution in [1.29, 1.82) is 0 Å². The Morgan fingerprint density at radius 2 is 0.432 bits per heavy atom. The number of aliphatic hydroxyl groups is 1. The largest absolute Gasteiger partial charge is 0.472 e. The van der Waals surface area contributed by atoms with Gasteiger partial charge in [-0.3, -0.25) is 37.3 Å². The van der Waals surface area contributed by atoms with Crippen LogP contribution < -0.4 is 0 Å². The molecule has 19 heteroatoms. The number of carbonyl (C=O) groups excluding carboxylic acids is 4. The second-order valence-corrected chi connectivity index (χ2v) is 36.7. The van der Waals surface area contributed by atoms with Gasteiger partial charge in [0.05, 0.1) is 26.4 Å². The van der Waals surface area contributed by atoms with E-state index < -0.39 is 97.5 Å². The molecule has 0 aromatic heterocycles. The quantitative estimate of drug-likeness (QED) is 0.0222. The Balaban J connectivity index is 5.26. The average molecular weight is 1620 g/mol. The van der Waals surface area contributed by atoms with Crippen molar-refractivity contribution in [3.05, 3.63) is 0 Å². The zero-order valence-corrected chi connectivity index (χ0v) is 75.2. The number of phosphoric ester groups is 2. The van der Waals surface area contributed by atoms with Crippen molar-refractivity contribution in [2.45, 2.75) is 510 Å². The Hall–Kier alpha value is -1.94. The summed E-state index contributed by atoms with van der Waals surface area (Å²) in [5.74, 6) is 0.397. The lowest BCUT2D eigenvalue weighted by Crippen LogP contribution is -2.30. The van der Waals surface area contributed by atoms with E-state index in [0.29, 0.717) is 25.7 Å². The highest BCUT2D eigenvalue weighted by atomic mass is 31.2. The number of hydrogen-bond acceptors (Lipinski definition) is 15.